The standard InChI is InChI=1S/C25H32FN3O3/c1-4-5-12-27-25(31)29-15-19(18-6-11-23(26)17(2)13-18)14-20(16-29)24(30)28-21-7-9-22(32-3)10-8-21/h6-11,13,19-20H,4-5,12,14-16H2,1-3H3,(H,27,31)(H,28,30)/t19-,20-/m1/s1. The number of methoxy groups -OCH3 is 1. The number of hydrogen-bond acceptors (Lipinski definition) is 3. The summed E-state index contributed by atoms with van der Waals surface area (Å²) in [4.78, 5) is 27.6. The van der Waals surface area contributed by atoms with Gasteiger partial charge in [0.15, 0.2) is 0 Å². The Balaban J connectivity index is 1.77. The summed E-state index contributed by atoms with van der Waals surface area (Å²) >= 11 is 0. The molecule has 1 heterocycles. The smallest absolute Gasteiger partial charge is 0.317 e. The largest absolute Gasteiger partial charge is 0.497 e. The second-order valence-corrected chi connectivity index (χ2v) is 8.35. The first-order chi connectivity index (χ1) is 15.4. The van der Waals surface area contributed by atoms with Crippen molar-refractivity contribution >= 4 is 17.6 Å². The third-order valence-corrected chi connectivity index (χ3v) is 5.93. The number of nitrogens with one attached hydrogen (secondary N) is 2. The number of piperidine rings is 1. The van der Waals surface area contributed by atoms with Crippen molar-refractivity contribution in [3.8, 4) is 5.75 Å². The van der Waals surface area contributed by atoms with Crippen LogP contribution in [0, 0.1) is 18.7 Å². The summed E-state index contributed by atoms with van der Waals surface area (Å²) in [5.41, 5.74) is 2.18. The quantitative estimate of drug-likeness (QED) is 0.612. The molecule has 3 rings (SSSR count). The molecule has 1 aliphatic heterocycles. The van der Waals surface area contributed by atoms with E-state index in [1.54, 1.807) is 49.3 Å². The lowest BCUT2D eigenvalue weighted by molar-refractivity contribution is -0.121. The van der Waals surface area contributed by atoms with Crippen LogP contribution >= 0.6 is 0 Å². The van der Waals surface area contributed by atoms with Crippen molar-refractivity contribution in [3.63, 3.8) is 0 Å². The van der Waals surface area contributed by atoms with Crippen LogP contribution in [-0.4, -0.2) is 43.6 Å². The van der Waals surface area contributed by atoms with Gasteiger partial charge in [0.05, 0.1) is 13.0 Å². The maximum atomic E-state index is 13.8. The Morgan fingerprint density at radius 3 is 2.56 bits per heavy atom. The molecule has 2 aromatic rings. The van der Waals surface area contributed by atoms with Gasteiger partial charge in [0.25, 0.3) is 0 Å². The van der Waals surface area contributed by atoms with Gasteiger partial charge >= 0.3 is 6.03 Å². The molecular weight excluding hydrogens is 409 g/mol. The van der Waals surface area contributed by atoms with Crippen LogP contribution in [0.5, 0.6) is 5.75 Å². The van der Waals surface area contributed by atoms with Crippen LogP contribution in [0.25, 0.3) is 0 Å². The highest BCUT2D eigenvalue weighted by Crippen LogP contribution is 2.32. The molecule has 32 heavy (non-hydrogen) atoms. The normalized spacial score (nSPS) is 18.2. The fraction of sp³-hybridized carbons (Fsp3) is 0.440. The molecule has 0 saturated carbocycles. The number of carbonyl (C=O) groups is 2. The average Bonchev–Trinajstić information content (AvgIpc) is 2.81. The zero-order valence-corrected chi connectivity index (χ0v) is 19.0. The highest BCUT2D eigenvalue weighted by molar-refractivity contribution is 5.93. The molecule has 6 nitrogen and oxygen atoms in total. The first-order valence-electron chi connectivity index (χ1n) is 11.1. The lowest BCUT2D eigenvalue weighted by Gasteiger charge is -2.37. The second-order valence-electron chi connectivity index (χ2n) is 8.35. The van der Waals surface area contributed by atoms with E-state index in [1.807, 2.05) is 6.07 Å². The van der Waals surface area contributed by atoms with Crippen molar-refractivity contribution in [2.24, 2.45) is 5.92 Å². The van der Waals surface area contributed by atoms with Crippen molar-refractivity contribution in [3.05, 3.63) is 59.4 Å². The molecule has 0 bridgehead atoms. The number of halogens is 1. The van der Waals surface area contributed by atoms with Crippen LogP contribution < -0.4 is 15.4 Å². The maximum absolute atomic E-state index is 13.8. The minimum absolute atomic E-state index is 0.0495. The fourth-order valence-electron chi connectivity index (χ4n) is 4.02. The number of benzene rings is 2. The van der Waals surface area contributed by atoms with Gasteiger partial charge in [-0.05, 0) is 61.2 Å². The minimum Gasteiger partial charge on any atom is -0.497 e. The molecule has 1 aliphatic rings. The molecular formula is C25H32FN3O3. The molecule has 1 fully saturated rings. The Morgan fingerprint density at radius 1 is 1.16 bits per heavy atom. The van der Waals surface area contributed by atoms with Crippen LogP contribution in [0.15, 0.2) is 42.5 Å². The van der Waals surface area contributed by atoms with Crippen LogP contribution in [-0.2, 0) is 4.79 Å². The van der Waals surface area contributed by atoms with E-state index in [1.165, 1.54) is 6.07 Å². The molecule has 7 heteroatoms. The Morgan fingerprint density at radius 2 is 1.91 bits per heavy atom. The molecule has 0 aliphatic carbocycles. The molecule has 2 aromatic carbocycles. The topological polar surface area (TPSA) is 70.7 Å². The highest BCUT2D eigenvalue weighted by atomic mass is 19.1. The van der Waals surface area contributed by atoms with Gasteiger partial charge in [0.1, 0.15) is 11.6 Å². The highest BCUT2D eigenvalue weighted by Gasteiger charge is 2.34. The Kier molecular flexibility index (Phi) is 8.09. The third-order valence-electron chi connectivity index (χ3n) is 5.93. The van der Waals surface area contributed by atoms with E-state index in [0.717, 1.165) is 18.4 Å². The van der Waals surface area contributed by atoms with Gasteiger partial charge in [0, 0.05) is 31.2 Å². The van der Waals surface area contributed by atoms with Crippen LogP contribution in [0.2, 0.25) is 0 Å². The van der Waals surface area contributed by atoms with Gasteiger partial charge in [-0.25, -0.2) is 9.18 Å². The number of amides is 3. The number of nitrogens with zero attached hydrogens (tertiary/aromatic N) is 1. The van der Waals surface area contributed by atoms with Gasteiger partial charge in [-0.15, -0.1) is 0 Å². The van der Waals surface area contributed by atoms with E-state index in [0.29, 0.717) is 43.1 Å². The van der Waals surface area contributed by atoms with Crippen molar-refractivity contribution in [2.45, 2.75) is 39.0 Å². The van der Waals surface area contributed by atoms with Gasteiger partial charge < -0.3 is 20.3 Å². The molecule has 0 unspecified atom stereocenters. The Labute approximate surface area is 189 Å². The summed E-state index contributed by atoms with van der Waals surface area (Å²) in [5.74, 6) is -0.107. The number of likely N-dealkylation sites (tertiary alicyclic amines) is 1. The summed E-state index contributed by atoms with van der Waals surface area (Å²) in [6.07, 6.45) is 2.48. The fourth-order valence-corrected chi connectivity index (χ4v) is 4.02. The van der Waals surface area contributed by atoms with E-state index in [9.17, 15) is 14.0 Å². The predicted molar refractivity (Wildman–Crippen MR) is 123 cm³/mol. The van der Waals surface area contributed by atoms with Crippen molar-refractivity contribution in [1.82, 2.24) is 10.2 Å². The van der Waals surface area contributed by atoms with Gasteiger partial charge in [-0.1, -0.05) is 25.5 Å². The molecule has 2 atom stereocenters. The van der Waals surface area contributed by atoms with Crippen LogP contribution in [0.1, 0.15) is 43.2 Å². The Bertz CT molecular complexity index is 933. The predicted octanol–water partition coefficient (Wildman–Crippen LogP) is 4.70. The van der Waals surface area contributed by atoms with Crippen molar-refractivity contribution in [1.29, 1.82) is 0 Å². The van der Waals surface area contributed by atoms with E-state index in [-0.39, 0.29) is 29.6 Å². The molecule has 0 spiro atoms. The SMILES string of the molecule is CCCCNC(=O)N1C[C@H](C(=O)Nc2ccc(OC)cc2)C[C@@H](c2ccc(F)c(C)c2)C1. The average molecular weight is 442 g/mol. The van der Waals surface area contributed by atoms with Gasteiger partial charge in [-0.2, -0.15) is 0 Å². The second kappa shape index (κ2) is 11.0. The number of anilines is 1. The first kappa shape index (κ1) is 23.6. The molecule has 2 N–H and O–H groups in total. The van der Waals surface area contributed by atoms with E-state index in [2.05, 4.69) is 17.6 Å². The summed E-state index contributed by atoms with van der Waals surface area (Å²) in [6, 6.07) is 12.0. The Hall–Kier alpha value is -3.09. The molecule has 1 saturated heterocycles. The number of hydrogen-bond donors (Lipinski definition) is 2. The van der Waals surface area contributed by atoms with Crippen molar-refractivity contribution in [2.75, 3.05) is 32.1 Å². The van der Waals surface area contributed by atoms with Crippen LogP contribution in [0.4, 0.5) is 14.9 Å². The van der Waals surface area contributed by atoms with Crippen molar-refractivity contribution < 1.29 is 18.7 Å². The zero-order chi connectivity index (χ0) is 23.1. The summed E-state index contributed by atoms with van der Waals surface area (Å²) in [6.45, 7) is 5.24. The number of rotatable bonds is 7. The number of unbranched alkanes of at least 4 members (excludes halogenated alkanes) is 1. The van der Waals surface area contributed by atoms with E-state index >= 15 is 0 Å². The zero-order valence-electron chi connectivity index (χ0n) is 19.0. The summed E-state index contributed by atoms with van der Waals surface area (Å²) in [7, 11) is 1.59. The summed E-state index contributed by atoms with van der Waals surface area (Å²) < 4.78 is 19.0. The monoisotopic (exact) mass is 441 g/mol. The minimum atomic E-state index is -0.377. The first-order valence-corrected chi connectivity index (χ1v) is 11.1. The molecule has 3 amide bonds. The van der Waals surface area contributed by atoms with Gasteiger partial charge in [0.2, 0.25) is 5.91 Å². The van der Waals surface area contributed by atoms with E-state index in [4.69, 9.17) is 4.74 Å². The molecule has 0 radical (unpaired) electrons. The summed E-state index contributed by atoms with van der Waals surface area (Å²) in [5, 5.41) is 5.90. The number of aryl methyl sites for hydroxylation is 1. The van der Waals surface area contributed by atoms with E-state index < -0.39 is 0 Å². The number of urea groups is 1. The lowest BCUT2D eigenvalue weighted by Crippen LogP contribution is -2.50. The maximum Gasteiger partial charge on any atom is 0.317 e. The van der Waals surface area contributed by atoms with Crippen LogP contribution in [0.3, 0.4) is 0 Å². The molecule has 0 aromatic heterocycles. The third kappa shape index (κ3) is 5.99. The lowest BCUT2D eigenvalue weighted by atomic mass is 9.83. The van der Waals surface area contributed by atoms with Gasteiger partial charge in [-0.3, -0.25) is 4.79 Å². The number of carbonyl (C=O) groups excluding carboxylic acids is 2. The number of ether oxygens (including phenoxy) is 1. The molecule has 172 valence electrons.